The first-order valence-electron chi connectivity index (χ1n) is 5.80. The van der Waals surface area contributed by atoms with Crippen molar-refractivity contribution in [3.05, 3.63) is 29.0 Å². The lowest BCUT2D eigenvalue weighted by atomic mass is 10.4. The number of carbonyl (C=O) groups is 1. The number of hydrogen-bond acceptors (Lipinski definition) is 6. The first-order valence-corrected chi connectivity index (χ1v) is 8.31. The van der Waals surface area contributed by atoms with Gasteiger partial charge in [-0.25, -0.2) is 9.78 Å². The van der Waals surface area contributed by atoms with Gasteiger partial charge in [0.2, 0.25) is 9.47 Å². The first-order chi connectivity index (χ1) is 10.0. The molecule has 0 bridgehead atoms. The van der Waals surface area contributed by atoms with Crippen molar-refractivity contribution < 1.29 is 9.00 Å². The Kier molecular flexibility index (Phi) is 5.21. The van der Waals surface area contributed by atoms with Gasteiger partial charge in [0.25, 0.3) is 0 Å². The number of urea groups is 1. The molecule has 2 aromatic heterocycles. The number of halogens is 1. The van der Waals surface area contributed by atoms with Crippen molar-refractivity contribution in [3.63, 3.8) is 0 Å². The number of aromatic nitrogens is 3. The third-order valence-corrected chi connectivity index (χ3v) is 5.29. The maximum Gasteiger partial charge on any atom is 0.323 e. The number of amides is 2. The van der Waals surface area contributed by atoms with Crippen LogP contribution in [0.3, 0.4) is 0 Å². The van der Waals surface area contributed by atoms with Crippen molar-refractivity contribution in [2.75, 3.05) is 19.0 Å². The molecule has 0 spiro atoms. The topological polar surface area (TPSA) is 88.1 Å². The largest absolute Gasteiger partial charge is 0.341 e. The molecule has 0 saturated heterocycles. The zero-order valence-electron chi connectivity index (χ0n) is 11.2. The number of hydrogen-bond donors (Lipinski definition) is 1. The van der Waals surface area contributed by atoms with Crippen LogP contribution in [0.2, 0.25) is 5.15 Å². The molecule has 0 aliphatic rings. The third-order valence-electron chi connectivity index (χ3n) is 2.45. The first kappa shape index (κ1) is 15.8. The molecule has 21 heavy (non-hydrogen) atoms. The maximum absolute atomic E-state index is 12.2. The van der Waals surface area contributed by atoms with Gasteiger partial charge in [-0.1, -0.05) is 29.0 Å². The van der Waals surface area contributed by atoms with E-state index in [1.54, 1.807) is 25.2 Å². The van der Waals surface area contributed by atoms with Gasteiger partial charge in [0.05, 0.1) is 22.2 Å². The summed E-state index contributed by atoms with van der Waals surface area (Å²) in [5.41, 5.74) is 0.609. The highest BCUT2D eigenvalue weighted by molar-refractivity contribution is 7.86. The van der Waals surface area contributed by atoms with Crippen LogP contribution in [-0.2, 0) is 16.6 Å². The summed E-state index contributed by atoms with van der Waals surface area (Å²) in [7, 11) is 1.69. The fraction of sp³-hybridized carbons (Fsp3) is 0.273. The summed E-state index contributed by atoms with van der Waals surface area (Å²) in [5.74, 6) is 0.193. The minimum absolute atomic E-state index is 0.193. The Balaban J connectivity index is 2.10. The summed E-state index contributed by atoms with van der Waals surface area (Å²) in [5, 5.41) is 10.9. The number of anilines is 1. The van der Waals surface area contributed by atoms with Gasteiger partial charge < -0.3 is 5.32 Å². The van der Waals surface area contributed by atoms with E-state index in [0.717, 1.165) is 11.3 Å². The van der Waals surface area contributed by atoms with Gasteiger partial charge in [-0.3, -0.25) is 9.11 Å². The molecule has 0 aliphatic carbocycles. The van der Waals surface area contributed by atoms with Gasteiger partial charge in [-0.2, -0.15) is 0 Å². The minimum Gasteiger partial charge on any atom is -0.341 e. The highest BCUT2D eigenvalue weighted by Crippen LogP contribution is 2.23. The van der Waals surface area contributed by atoms with E-state index in [9.17, 15) is 9.00 Å². The van der Waals surface area contributed by atoms with Crippen molar-refractivity contribution >= 4 is 44.9 Å². The fourth-order valence-corrected chi connectivity index (χ4v) is 3.59. The summed E-state index contributed by atoms with van der Waals surface area (Å²) < 4.78 is 12.6. The predicted octanol–water partition coefficient (Wildman–Crippen LogP) is 1.67. The van der Waals surface area contributed by atoms with Gasteiger partial charge in [0.15, 0.2) is 0 Å². The molecule has 2 rings (SSSR count). The molecule has 0 saturated carbocycles. The Bertz CT molecular complexity index is 678. The fourth-order valence-electron chi connectivity index (χ4n) is 1.41. The lowest BCUT2D eigenvalue weighted by Crippen LogP contribution is -2.34. The smallest absolute Gasteiger partial charge is 0.323 e. The molecule has 0 radical (unpaired) electrons. The summed E-state index contributed by atoms with van der Waals surface area (Å²) >= 11 is 6.88. The van der Waals surface area contributed by atoms with Crippen LogP contribution in [0.15, 0.2) is 22.5 Å². The summed E-state index contributed by atoms with van der Waals surface area (Å²) in [6, 6.07) is 4.81. The second-order valence-electron chi connectivity index (χ2n) is 3.91. The quantitative estimate of drug-likeness (QED) is 0.672. The molecule has 2 amide bonds. The monoisotopic (exact) mass is 345 g/mol. The van der Waals surface area contributed by atoms with Crippen molar-refractivity contribution in [2.45, 2.75) is 10.1 Å². The molecule has 10 heteroatoms. The molecule has 1 unspecified atom stereocenters. The molecule has 112 valence electrons. The van der Waals surface area contributed by atoms with Crippen LogP contribution in [0, 0.1) is 0 Å². The van der Waals surface area contributed by atoms with Crippen LogP contribution in [0.4, 0.5) is 9.93 Å². The molecule has 2 aromatic rings. The van der Waals surface area contributed by atoms with Crippen molar-refractivity contribution in [1.29, 1.82) is 0 Å². The maximum atomic E-state index is 12.2. The Morgan fingerprint density at radius 3 is 2.90 bits per heavy atom. The Morgan fingerprint density at radius 1 is 1.48 bits per heavy atom. The molecular formula is C11H12ClN5O2S2. The van der Waals surface area contributed by atoms with Crippen molar-refractivity contribution in [2.24, 2.45) is 0 Å². The second-order valence-corrected chi connectivity index (χ2v) is 6.87. The Morgan fingerprint density at radius 2 is 2.24 bits per heavy atom. The number of nitrogens with one attached hydrogen (secondary N) is 1. The van der Waals surface area contributed by atoms with Gasteiger partial charge in [-0.15, -0.1) is 10.2 Å². The lowest BCUT2D eigenvalue weighted by Gasteiger charge is -2.10. The highest BCUT2D eigenvalue weighted by atomic mass is 35.5. The summed E-state index contributed by atoms with van der Waals surface area (Å²) in [6.45, 7) is 0. The molecule has 1 N–H and O–H groups in total. The number of pyridine rings is 1. The lowest BCUT2D eigenvalue weighted by molar-refractivity contribution is 0.249. The predicted molar refractivity (Wildman–Crippen MR) is 82.1 cm³/mol. The summed E-state index contributed by atoms with van der Waals surface area (Å²) in [6.07, 6.45) is 0. The molecule has 7 nitrogen and oxygen atoms in total. The molecule has 1 atom stereocenters. The average Bonchev–Trinajstić information content (AvgIpc) is 2.95. The van der Waals surface area contributed by atoms with Crippen molar-refractivity contribution in [1.82, 2.24) is 20.5 Å². The van der Waals surface area contributed by atoms with Gasteiger partial charge in [0.1, 0.15) is 5.15 Å². The summed E-state index contributed by atoms with van der Waals surface area (Å²) in [4.78, 5) is 16.9. The van der Waals surface area contributed by atoms with E-state index in [-0.39, 0.29) is 11.8 Å². The standard InChI is InChI=1S/C11H12ClN5O2S2/c1-13-9(18)17(2)10-15-16-11(20-10)21(19)6-7-4-3-5-8(12)14-7/h3-5H,6H2,1-2H3,(H,13,18). The van der Waals surface area contributed by atoms with Gasteiger partial charge >= 0.3 is 6.03 Å². The normalized spacial score (nSPS) is 12.0. The average molecular weight is 346 g/mol. The van der Waals surface area contributed by atoms with Crippen LogP contribution in [-0.4, -0.2) is 39.5 Å². The highest BCUT2D eigenvalue weighted by Gasteiger charge is 2.18. The minimum atomic E-state index is -1.39. The van der Waals surface area contributed by atoms with Gasteiger partial charge in [0, 0.05) is 14.1 Å². The molecular weight excluding hydrogens is 334 g/mol. The molecule has 0 fully saturated rings. The van der Waals surface area contributed by atoms with Crippen molar-refractivity contribution in [3.8, 4) is 0 Å². The Hall–Kier alpha value is -1.58. The van der Waals surface area contributed by atoms with E-state index in [1.165, 1.54) is 11.9 Å². The number of rotatable bonds is 4. The number of nitrogens with zero attached hydrogens (tertiary/aromatic N) is 4. The number of carbonyl (C=O) groups excluding carboxylic acids is 1. The SMILES string of the molecule is CNC(=O)N(C)c1nnc(S(=O)Cc2cccc(Cl)n2)s1. The third kappa shape index (κ3) is 3.96. The zero-order valence-corrected chi connectivity index (χ0v) is 13.6. The van der Waals surface area contributed by atoms with E-state index < -0.39 is 10.8 Å². The van der Waals surface area contributed by atoms with Crippen LogP contribution < -0.4 is 10.2 Å². The molecule has 0 aromatic carbocycles. The van der Waals surface area contributed by atoms with E-state index in [2.05, 4.69) is 20.5 Å². The van der Waals surface area contributed by atoms with E-state index in [1.807, 2.05) is 0 Å². The van der Waals surface area contributed by atoms with Crippen LogP contribution in [0.5, 0.6) is 0 Å². The van der Waals surface area contributed by atoms with E-state index in [4.69, 9.17) is 11.6 Å². The van der Waals surface area contributed by atoms with E-state index in [0.29, 0.717) is 20.3 Å². The van der Waals surface area contributed by atoms with Gasteiger partial charge in [-0.05, 0) is 12.1 Å². The van der Waals surface area contributed by atoms with Crippen LogP contribution in [0.1, 0.15) is 5.69 Å². The molecule has 2 heterocycles. The zero-order chi connectivity index (χ0) is 15.4. The van der Waals surface area contributed by atoms with E-state index >= 15 is 0 Å². The van der Waals surface area contributed by atoms with Crippen LogP contribution >= 0.6 is 22.9 Å². The Labute approximate surface area is 132 Å². The molecule has 0 aliphatic heterocycles. The second kappa shape index (κ2) is 6.92. The van der Waals surface area contributed by atoms with Crippen LogP contribution in [0.25, 0.3) is 0 Å².